The Balaban J connectivity index is 1.83. The Hall–Kier alpha value is -1.44. The molecule has 0 saturated carbocycles. The molecular formula is C14H13BrN2O3S. The number of nitrogens with zero attached hydrogens (tertiary/aromatic N) is 1. The van der Waals surface area contributed by atoms with Crippen LogP contribution in [0.15, 0.2) is 46.0 Å². The van der Waals surface area contributed by atoms with Gasteiger partial charge in [0, 0.05) is 35.4 Å². The van der Waals surface area contributed by atoms with Crippen molar-refractivity contribution in [3.05, 3.63) is 52.3 Å². The molecule has 1 aromatic carbocycles. The van der Waals surface area contributed by atoms with Gasteiger partial charge in [-0.15, -0.1) is 0 Å². The minimum atomic E-state index is -3.57. The van der Waals surface area contributed by atoms with Gasteiger partial charge in [0.05, 0.1) is 6.61 Å². The lowest BCUT2D eigenvalue weighted by atomic mass is 10.1. The van der Waals surface area contributed by atoms with E-state index in [2.05, 4.69) is 25.6 Å². The first kappa shape index (κ1) is 14.5. The number of fused-ring (bicyclic) bond motifs is 1. The lowest BCUT2D eigenvalue weighted by molar-refractivity contribution is 0.353. The highest BCUT2D eigenvalue weighted by Crippen LogP contribution is 2.33. The monoisotopic (exact) mass is 368 g/mol. The molecule has 1 aliphatic rings. The molecular weight excluding hydrogens is 356 g/mol. The van der Waals surface area contributed by atoms with Crippen LogP contribution >= 0.6 is 15.9 Å². The summed E-state index contributed by atoms with van der Waals surface area (Å²) in [7, 11) is -3.57. The lowest BCUT2D eigenvalue weighted by Gasteiger charge is -2.10. The van der Waals surface area contributed by atoms with Gasteiger partial charge in [0.25, 0.3) is 0 Å². The first-order valence-electron chi connectivity index (χ1n) is 6.40. The standard InChI is InChI=1S/C14H13BrN2O3S/c15-12-6-10-3-5-20-14(10)11(7-12)8-17-21(18,19)13-2-1-4-16-9-13/h1-2,4,6-7,9,17H,3,5,8H2. The molecule has 110 valence electrons. The number of hydrogen-bond acceptors (Lipinski definition) is 4. The van der Waals surface area contributed by atoms with Crippen molar-refractivity contribution in [2.45, 2.75) is 17.9 Å². The summed E-state index contributed by atoms with van der Waals surface area (Å²) in [6, 6.07) is 6.98. The molecule has 0 spiro atoms. The Bertz CT molecular complexity index is 763. The van der Waals surface area contributed by atoms with Gasteiger partial charge in [-0.05, 0) is 29.8 Å². The van der Waals surface area contributed by atoms with Crippen molar-refractivity contribution in [3.63, 3.8) is 0 Å². The molecule has 0 atom stereocenters. The predicted molar refractivity (Wildman–Crippen MR) is 81.6 cm³/mol. The molecule has 7 heteroatoms. The Labute approximate surface area is 131 Å². The molecule has 2 aromatic rings. The van der Waals surface area contributed by atoms with Gasteiger partial charge < -0.3 is 4.74 Å². The second-order valence-electron chi connectivity index (χ2n) is 4.66. The van der Waals surface area contributed by atoms with Crippen molar-refractivity contribution in [3.8, 4) is 5.75 Å². The Morgan fingerprint density at radius 3 is 3.00 bits per heavy atom. The molecule has 2 heterocycles. The maximum Gasteiger partial charge on any atom is 0.242 e. The minimum absolute atomic E-state index is 0.151. The van der Waals surface area contributed by atoms with Crippen molar-refractivity contribution in [1.82, 2.24) is 9.71 Å². The van der Waals surface area contributed by atoms with Crippen LogP contribution in [0.1, 0.15) is 11.1 Å². The molecule has 0 aliphatic carbocycles. The molecule has 1 aliphatic heterocycles. The van der Waals surface area contributed by atoms with Crippen molar-refractivity contribution < 1.29 is 13.2 Å². The zero-order valence-corrected chi connectivity index (χ0v) is 13.4. The van der Waals surface area contributed by atoms with E-state index in [4.69, 9.17) is 4.74 Å². The Morgan fingerprint density at radius 1 is 1.38 bits per heavy atom. The fourth-order valence-corrected chi connectivity index (χ4v) is 3.76. The normalized spacial score (nSPS) is 13.8. The number of hydrogen-bond donors (Lipinski definition) is 1. The molecule has 1 N–H and O–H groups in total. The van der Waals surface area contributed by atoms with Gasteiger partial charge >= 0.3 is 0 Å². The van der Waals surface area contributed by atoms with E-state index in [9.17, 15) is 8.42 Å². The summed E-state index contributed by atoms with van der Waals surface area (Å²) in [5, 5.41) is 0. The van der Waals surface area contributed by atoms with E-state index in [0.717, 1.165) is 27.8 Å². The van der Waals surface area contributed by atoms with Crippen LogP contribution in [0.3, 0.4) is 0 Å². The summed E-state index contributed by atoms with van der Waals surface area (Å²) < 4.78 is 33.5. The van der Waals surface area contributed by atoms with Crippen LogP contribution in [0.5, 0.6) is 5.75 Å². The fraction of sp³-hybridized carbons (Fsp3) is 0.214. The van der Waals surface area contributed by atoms with Crippen LogP contribution in [-0.2, 0) is 23.0 Å². The molecule has 1 aromatic heterocycles. The van der Waals surface area contributed by atoms with Crippen molar-refractivity contribution in [2.75, 3.05) is 6.61 Å². The summed E-state index contributed by atoms with van der Waals surface area (Å²) in [4.78, 5) is 3.98. The van der Waals surface area contributed by atoms with Crippen LogP contribution in [0.2, 0.25) is 0 Å². The highest BCUT2D eigenvalue weighted by Gasteiger charge is 2.20. The van der Waals surface area contributed by atoms with Gasteiger partial charge in [-0.25, -0.2) is 13.1 Å². The fourth-order valence-electron chi connectivity index (χ4n) is 2.24. The van der Waals surface area contributed by atoms with E-state index in [0.29, 0.717) is 6.61 Å². The summed E-state index contributed by atoms with van der Waals surface area (Å²) in [6.45, 7) is 0.813. The van der Waals surface area contributed by atoms with Crippen molar-refractivity contribution in [1.29, 1.82) is 0 Å². The quantitative estimate of drug-likeness (QED) is 0.898. The summed E-state index contributed by atoms with van der Waals surface area (Å²) in [5.41, 5.74) is 1.92. The molecule has 3 rings (SSSR count). The second kappa shape index (κ2) is 5.75. The van der Waals surface area contributed by atoms with Gasteiger partial charge in [-0.2, -0.15) is 0 Å². The summed E-state index contributed by atoms with van der Waals surface area (Å²) in [6.07, 6.45) is 3.70. The van der Waals surface area contributed by atoms with E-state index in [-0.39, 0.29) is 11.4 Å². The summed E-state index contributed by atoms with van der Waals surface area (Å²) in [5.74, 6) is 0.784. The summed E-state index contributed by atoms with van der Waals surface area (Å²) >= 11 is 3.44. The van der Waals surface area contributed by atoms with E-state index < -0.39 is 10.0 Å². The third-order valence-corrected chi connectivity index (χ3v) is 5.07. The zero-order chi connectivity index (χ0) is 14.9. The molecule has 0 radical (unpaired) electrons. The number of nitrogens with one attached hydrogen (secondary N) is 1. The van der Waals surface area contributed by atoms with E-state index >= 15 is 0 Å². The molecule has 0 unspecified atom stereocenters. The molecule has 0 fully saturated rings. The zero-order valence-electron chi connectivity index (χ0n) is 11.0. The first-order valence-corrected chi connectivity index (χ1v) is 8.68. The number of aromatic nitrogens is 1. The van der Waals surface area contributed by atoms with Gasteiger partial charge in [0.1, 0.15) is 10.6 Å². The number of rotatable bonds is 4. The second-order valence-corrected chi connectivity index (χ2v) is 7.35. The number of sulfonamides is 1. The van der Waals surface area contributed by atoms with E-state index in [1.807, 2.05) is 12.1 Å². The van der Waals surface area contributed by atoms with Gasteiger partial charge in [-0.1, -0.05) is 15.9 Å². The molecule has 0 bridgehead atoms. The number of pyridine rings is 1. The topological polar surface area (TPSA) is 68.3 Å². The number of ether oxygens (including phenoxy) is 1. The van der Waals surface area contributed by atoms with Gasteiger partial charge in [-0.3, -0.25) is 4.98 Å². The highest BCUT2D eigenvalue weighted by molar-refractivity contribution is 9.10. The number of halogens is 1. The van der Waals surface area contributed by atoms with Gasteiger partial charge in [0.2, 0.25) is 10.0 Å². The lowest BCUT2D eigenvalue weighted by Crippen LogP contribution is -2.23. The maximum atomic E-state index is 12.2. The van der Waals surface area contributed by atoms with Crippen LogP contribution in [0.4, 0.5) is 0 Å². The molecule has 21 heavy (non-hydrogen) atoms. The Kier molecular flexibility index (Phi) is 3.97. The van der Waals surface area contributed by atoms with E-state index in [1.165, 1.54) is 18.5 Å². The van der Waals surface area contributed by atoms with Crippen LogP contribution in [-0.4, -0.2) is 20.0 Å². The highest BCUT2D eigenvalue weighted by atomic mass is 79.9. The SMILES string of the molecule is O=S(=O)(NCc1cc(Br)cc2c1OCC2)c1cccnc1. The van der Waals surface area contributed by atoms with Crippen molar-refractivity contribution >= 4 is 26.0 Å². The smallest absolute Gasteiger partial charge is 0.242 e. The molecule has 5 nitrogen and oxygen atoms in total. The third kappa shape index (κ3) is 3.09. The third-order valence-electron chi connectivity index (χ3n) is 3.22. The average Bonchev–Trinajstić information content (AvgIpc) is 2.94. The minimum Gasteiger partial charge on any atom is -0.493 e. The van der Waals surface area contributed by atoms with Crippen LogP contribution < -0.4 is 9.46 Å². The Morgan fingerprint density at radius 2 is 2.24 bits per heavy atom. The molecule has 0 saturated heterocycles. The molecule has 0 amide bonds. The van der Waals surface area contributed by atoms with Crippen LogP contribution in [0.25, 0.3) is 0 Å². The maximum absolute atomic E-state index is 12.2. The predicted octanol–water partition coefficient (Wildman–Crippen LogP) is 2.26. The van der Waals surface area contributed by atoms with Gasteiger partial charge in [0.15, 0.2) is 0 Å². The average molecular weight is 369 g/mol. The largest absolute Gasteiger partial charge is 0.493 e. The van der Waals surface area contributed by atoms with Crippen molar-refractivity contribution in [2.24, 2.45) is 0 Å². The number of benzene rings is 1. The van der Waals surface area contributed by atoms with E-state index in [1.54, 1.807) is 6.07 Å². The first-order chi connectivity index (χ1) is 10.1. The van der Waals surface area contributed by atoms with Crippen LogP contribution in [0, 0.1) is 0 Å².